The van der Waals surface area contributed by atoms with Crippen molar-refractivity contribution in [3.63, 3.8) is 0 Å². The lowest BCUT2D eigenvalue weighted by atomic mass is 9.93. The number of pyridine rings is 1. The highest BCUT2D eigenvalue weighted by Crippen LogP contribution is 2.40. The number of para-hydroxylation sites is 1. The molecule has 3 heterocycles. The summed E-state index contributed by atoms with van der Waals surface area (Å²) in [6, 6.07) is 9.56. The zero-order valence-electron chi connectivity index (χ0n) is 24.2. The number of benzene rings is 1. The Balaban J connectivity index is 1.32. The second-order valence-electron chi connectivity index (χ2n) is 12.1. The van der Waals surface area contributed by atoms with Crippen molar-refractivity contribution in [3.05, 3.63) is 58.6 Å². The molecule has 1 aliphatic carbocycles. The van der Waals surface area contributed by atoms with Gasteiger partial charge in [-0.2, -0.15) is 0 Å². The Labute approximate surface area is 235 Å². The Bertz CT molecular complexity index is 1570. The molecule has 2 N–H and O–H groups in total. The summed E-state index contributed by atoms with van der Waals surface area (Å²) in [5.74, 6) is 0.725. The largest absolute Gasteiger partial charge is 0.494 e. The summed E-state index contributed by atoms with van der Waals surface area (Å²) >= 11 is 0. The molecular weight excluding hydrogens is 522 g/mol. The molecule has 1 aromatic carbocycles. The number of hydrogen-bond acceptors (Lipinski definition) is 8. The first-order chi connectivity index (χ1) is 19.0. The Morgan fingerprint density at radius 1 is 1.07 bits per heavy atom. The number of ether oxygens (including phenoxy) is 1. The first kappa shape index (κ1) is 28.0. The van der Waals surface area contributed by atoms with Crippen molar-refractivity contribution >= 4 is 25.2 Å². The van der Waals surface area contributed by atoms with Gasteiger partial charge in [0.2, 0.25) is 5.95 Å². The Morgan fingerprint density at radius 2 is 1.82 bits per heavy atom. The fraction of sp³-hybridized carbons (Fsp3) is 0.483. The van der Waals surface area contributed by atoms with Crippen molar-refractivity contribution in [1.82, 2.24) is 29.5 Å². The maximum Gasteiger partial charge on any atom is 0.255 e. The van der Waals surface area contributed by atoms with Crippen LogP contribution in [0.3, 0.4) is 0 Å². The van der Waals surface area contributed by atoms with E-state index < -0.39 is 8.32 Å². The number of nitrogens with zero attached hydrogens (tertiary/aromatic N) is 6. The molecule has 0 spiro atoms. The summed E-state index contributed by atoms with van der Waals surface area (Å²) in [6.45, 7) is 11.7. The van der Waals surface area contributed by atoms with Crippen molar-refractivity contribution in [3.8, 4) is 17.1 Å². The molecule has 0 aliphatic heterocycles. The highest BCUT2D eigenvalue weighted by atomic mass is 28.4. The van der Waals surface area contributed by atoms with Crippen LogP contribution in [0.1, 0.15) is 58.1 Å². The average molecular weight is 562 g/mol. The summed E-state index contributed by atoms with van der Waals surface area (Å²) < 4.78 is 15.6. The monoisotopic (exact) mass is 561 g/mol. The normalized spacial score (nSPS) is 18.2. The molecule has 4 aromatic rings. The Hall–Kier alpha value is -3.57. The zero-order valence-corrected chi connectivity index (χ0v) is 25.2. The number of fused-ring (bicyclic) bond motifs is 1. The molecule has 3 aromatic heterocycles. The highest BCUT2D eigenvalue weighted by molar-refractivity contribution is 6.74. The van der Waals surface area contributed by atoms with Crippen LogP contribution in [0.4, 0.5) is 5.95 Å². The van der Waals surface area contributed by atoms with Gasteiger partial charge in [-0.25, -0.2) is 14.6 Å². The predicted octanol–water partition coefficient (Wildman–Crippen LogP) is 5.19. The fourth-order valence-electron chi connectivity index (χ4n) is 5.16. The lowest BCUT2D eigenvalue weighted by molar-refractivity contribution is 0.117. The highest BCUT2D eigenvalue weighted by Gasteiger charge is 2.40. The molecule has 1 aliphatic rings. The molecule has 0 saturated heterocycles. The Morgan fingerprint density at radius 3 is 2.52 bits per heavy atom. The number of aromatic nitrogens is 6. The van der Waals surface area contributed by atoms with Crippen LogP contribution in [0, 0.1) is 0 Å². The van der Waals surface area contributed by atoms with E-state index in [-0.39, 0.29) is 28.7 Å². The molecule has 0 amide bonds. The van der Waals surface area contributed by atoms with Crippen molar-refractivity contribution < 1.29 is 9.16 Å². The number of anilines is 1. The summed E-state index contributed by atoms with van der Waals surface area (Å²) in [7, 11) is -0.220. The van der Waals surface area contributed by atoms with Crippen LogP contribution in [0.25, 0.3) is 22.3 Å². The molecule has 1 fully saturated rings. The van der Waals surface area contributed by atoms with Crippen molar-refractivity contribution in [1.29, 1.82) is 0 Å². The molecule has 11 heteroatoms. The molecule has 5 rings (SSSR count). The van der Waals surface area contributed by atoms with Gasteiger partial charge in [0, 0.05) is 29.3 Å². The van der Waals surface area contributed by atoms with E-state index in [1.165, 1.54) is 0 Å². The molecule has 1 saturated carbocycles. The quantitative estimate of drug-likeness (QED) is 0.306. The van der Waals surface area contributed by atoms with E-state index in [0.29, 0.717) is 34.8 Å². The van der Waals surface area contributed by atoms with Crippen LogP contribution in [0.15, 0.2) is 47.5 Å². The number of nitrogen functional groups attached to an aromatic ring is 1. The number of nitrogens with two attached hydrogens (primary N) is 1. The maximum atomic E-state index is 13.5. The third-order valence-corrected chi connectivity index (χ3v) is 12.9. The van der Waals surface area contributed by atoms with Gasteiger partial charge in [-0.1, -0.05) is 44.2 Å². The third kappa shape index (κ3) is 5.53. The summed E-state index contributed by atoms with van der Waals surface area (Å²) in [5, 5.41) is 9.57. The Kier molecular flexibility index (Phi) is 7.53. The van der Waals surface area contributed by atoms with E-state index in [0.717, 1.165) is 31.1 Å². The van der Waals surface area contributed by atoms with Gasteiger partial charge >= 0.3 is 0 Å². The maximum absolute atomic E-state index is 13.5. The van der Waals surface area contributed by atoms with Gasteiger partial charge in [0.25, 0.3) is 5.56 Å². The summed E-state index contributed by atoms with van der Waals surface area (Å²) in [5.41, 5.74) is 8.39. The summed E-state index contributed by atoms with van der Waals surface area (Å²) in [4.78, 5) is 22.3. The van der Waals surface area contributed by atoms with Crippen LogP contribution in [-0.4, -0.2) is 51.1 Å². The molecule has 0 atom stereocenters. The van der Waals surface area contributed by atoms with E-state index in [4.69, 9.17) is 14.9 Å². The van der Waals surface area contributed by atoms with Gasteiger partial charge in [-0.15, -0.1) is 5.10 Å². The topological polar surface area (TPSA) is 123 Å². The predicted molar refractivity (Wildman–Crippen MR) is 159 cm³/mol. The number of rotatable bonds is 7. The molecule has 10 nitrogen and oxygen atoms in total. The smallest absolute Gasteiger partial charge is 0.255 e. The second-order valence-corrected chi connectivity index (χ2v) is 16.9. The molecule has 0 unspecified atom stereocenters. The molecule has 0 bridgehead atoms. The van der Waals surface area contributed by atoms with Gasteiger partial charge < -0.3 is 19.5 Å². The molecule has 0 radical (unpaired) electrons. The van der Waals surface area contributed by atoms with Crippen LogP contribution in [0.5, 0.6) is 5.75 Å². The van der Waals surface area contributed by atoms with E-state index in [1.807, 2.05) is 41.1 Å². The molecule has 212 valence electrons. The molecule has 40 heavy (non-hydrogen) atoms. The van der Waals surface area contributed by atoms with E-state index in [1.54, 1.807) is 18.0 Å². The van der Waals surface area contributed by atoms with E-state index >= 15 is 0 Å². The SMILES string of the molecule is COc1cccc2c(-c3cn(Cc4cccn(C5CCC(O[Si](C)(C)C(C)(C)C)CC5)c4=O)nn3)nc(N)nc12. The van der Waals surface area contributed by atoms with Crippen LogP contribution in [-0.2, 0) is 11.0 Å². The van der Waals surface area contributed by atoms with Crippen LogP contribution >= 0.6 is 0 Å². The van der Waals surface area contributed by atoms with Gasteiger partial charge in [0.1, 0.15) is 22.7 Å². The van der Waals surface area contributed by atoms with E-state index in [2.05, 4.69) is 54.1 Å². The number of hydrogen-bond donors (Lipinski definition) is 1. The van der Waals surface area contributed by atoms with Crippen molar-refractivity contribution in [2.75, 3.05) is 12.8 Å². The van der Waals surface area contributed by atoms with Crippen LogP contribution < -0.4 is 16.0 Å². The lowest BCUT2D eigenvalue weighted by Crippen LogP contribution is -2.45. The average Bonchev–Trinajstić information content (AvgIpc) is 3.37. The standard InChI is InChI=1S/C29H39N7O3Si/c1-29(2,3)40(5,6)39-21-14-12-20(13-15-21)36-16-8-9-19(27(36)37)17-35-18-23(33-34-35)25-22-10-7-11-24(38-4)26(22)32-28(30)31-25/h7-11,16,18,20-21H,12-15,17H2,1-6H3,(H2,30,31,32). The lowest BCUT2D eigenvalue weighted by Gasteiger charge is -2.41. The molecular formula is C29H39N7O3Si. The van der Waals surface area contributed by atoms with Crippen molar-refractivity contribution in [2.45, 2.75) is 83.3 Å². The first-order valence-electron chi connectivity index (χ1n) is 13.9. The van der Waals surface area contributed by atoms with Gasteiger partial charge in [0.05, 0.1) is 19.9 Å². The van der Waals surface area contributed by atoms with Crippen LogP contribution in [0.2, 0.25) is 18.1 Å². The minimum absolute atomic E-state index is 0.00906. The van der Waals surface area contributed by atoms with Gasteiger partial charge in [0.15, 0.2) is 8.32 Å². The van der Waals surface area contributed by atoms with Crippen molar-refractivity contribution in [2.24, 2.45) is 0 Å². The van der Waals surface area contributed by atoms with E-state index in [9.17, 15) is 4.79 Å². The third-order valence-electron chi connectivity index (χ3n) is 8.40. The summed E-state index contributed by atoms with van der Waals surface area (Å²) in [6.07, 6.45) is 7.77. The zero-order chi connectivity index (χ0) is 28.7. The number of methoxy groups -OCH3 is 1. The second kappa shape index (κ2) is 10.8. The first-order valence-corrected chi connectivity index (χ1v) is 16.8. The minimum atomic E-state index is -1.81. The van der Waals surface area contributed by atoms with Gasteiger partial charge in [-0.05, 0) is 55.9 Å². The van der Waals surface area contributed by atoms with Gasteiger partial charge in [-0.3, -0.25) is 4.79 Å². The fourth-order valence-corrected chi connectivity index (χ4v) is 6.58. The minimum Gasteiger partial charge on any atom is -0.494 e.